The van der Waals surface area contributed by atoms with E-state index >= 15 is 0 Å². The van der Waals surface area contributed by atoms with E-state index in [0.29, 0.717) is 13.0 Å². The lowest BCUT2D eigenvalue weighted by Gasteiger charge is -1.99. The molecule has 1 fully saturated rings. The Morgan fingerprint density at radius 2 is 2.08 bits per heavy atom. The van der Waals surface area contributed by atoms with Crippen LogP contribution in [0.1, 0.15) is 26.7 Å². The number of carboxylic acids is 1. The lowest BCUT2D eigenvalue weighted by Crippen LogP contribution is -2.29. The monoisotopic (exact) mass is 175 g/mol. The molecule has 0 amide bonds. The summed E-state index contributed by atoms with van der Waals surface area (Å²) in [6.07, 6.45) is 1.10. The van der Waals surface area contributed by atoms with Crippen LogP contribution in [0.25, 0.3) is 0 Å². The third kappa shape index (κ3) is 4.31. The van der Waals surface area contributed by atoms with Gasteiger partial charge in [0.25, 0.3) is 0 Å². The Hall–Kier alpha value is -0.610. The molecule has 0 saturated carbocycles. The van der Waals surface area contributed by atoms with Crippen molar-refractivity contribution in [2.45, 2.75) is 38.8 Å². The van der Waals surface area contributed by atoms with Gasteiger partial charge in [0.05, 0.1) is 6.10 Å². The minimum Gasteiger partial charge on any atom is -0.480 e. The standard InChI is InChI=1S/C5H9NO3.C3H8/c7-3-1-4(5(8)9)6-2-3;1-3-2/h3-4,6-7H,1-2H2,(H,8,9);3H2,1-2H3. The topological polar surface area (TPSA) is 69.6 Å². The fraction of sp³-hybridized carbons (Fsp3) is 0.875. The zero-order valence-corrected chi connectivity index (χ0v) is 7.58. The Labute approximate surface area is 72.6 Å². The Morgan fingerprint density at radius 3 is 2.25 bits per heavy atom. The van der Waals surface area contributed by atoms with Crippen molar-refractivity contribution in [3.05, 3.63) is 0 Å². The first-order valence-electron chi connectivity index (χ1n) is 4.26. The number of hydrogen-bond acceptors (Lipinski definition) is 3. The summed E-state index contributed by atoms with van der Waals surface area (Å²) in [6.45, 7) is 4.65. The number of aliphatic hydroxyl groups excluding tert-OH is 1. The molecule has 0 radical (unpaired) electrons. The maximum Gasteiger partial charge on any atom is 0.320 e. The summed E-state index contributed by atoms with van der Waals surface area (Å²) in [7, 11) is 0. The number of rotatable bonds is 1. The molecule has 0 aromatic heterocycles. The van der Waals surface area contributed by atoms with Crippen molar-refractivity contribution in [2.75, 3.05) is 6.54 Å². The highest BCUT2D eigenvalue weighted by Gasteiger charge is 2.27. The average molecular weight is 175 g/mol. The second-order valence-corrected chi connectivity index (χ2v) is 2.90. The molecule has 1 aliphatic rings. The van der Waals surface area contributed by atoms with Gasteiger partial charge in [-0.1, -0.05) is 20.3 Å². The fourth-order valence-corrected chi connectivity index (χ4v) is 0.905. The number of aliphatic hydroxyl groups is 1. The van der Waals surface area contributed by atoms with Crippen molar-refractivity contribution >= 4 is 5.97 Å². The number of β-amino-alcohol motifs (C(OH)–C–C–N with tert-alkyl or cyclic N) is 1. The summed E-state index contributed by atoms with van der Waals surface area (Å²) in [5, 5.41) is 19.8. The van der Waals surface area contributed by atoms with E-state index < -0.39 is 18.1 Å². The molecular formula is C8H17NO3. The Kier molecular flexibility index (Phi) is 5.66. The van der Waals surface area contributed by atoms with Crippen LogP contribution in [0.15, 0.2) is 0 Å². The van der Waals surface area contributed by atoms with Crippen molar-refractivity contribution in [3.63, 3.8) is 0 Å². The average Bonchev–Trinajstić information content (AvgIpc) is 2.37. The second kappa shape index (κ2) is 5.97. The molecule has 0 aliphatic carbocycles. The van der Waals surface area contributed by atoms with E-state index in [1.165, 1.54) is 6.42 Å². The summed E-state index contributed by atoms with van der Waals surface area (Å²) in [6, 6.07) is -0.542. The van der Waals surface area contributed by atoms with Crippen LogP contribution in [0.5, 0.6) is 0 Å². The zero-order chi connectivity index (χ0) is 9.56. The van der Waals surface area contributed by atoms with Gasteiger partial charge in [-0.3, -0.25) is 4.79 Å². The maximum atomic E-state index is 10.2. The van der Waals surface area contributed by atoms with Crippen LogP contribution in [-0.2, 0) is 4.79 Å². The summed E-state index contributed by atoms with van der Waals surface area (Å²) >= 11 is 0. The fourth-order valence-electron chi connectivity index (χ4n) is 0.905. The van der Waals surface area contributed by atoms with E-state index in [2.05, 4.69) is 19.2 Å². The highest BCUT2D eigenvalue weighted by Crippen LogP contribution is 2.05. The molecule has 12 heavy (non-hydrogen) atoms. The first kappa shape index (κ1) is 11.4. The van der Waals surface area contributed by atoms with Gasteiger partial charge >= 0.3 is 5.97 Å². The molecule has 0 aromatic carbocycles. The van der Waals surface area contributed by atoms with Gasteiger partial charge in [-0.2, -0.15) is 0 Å². The van der Waals surface area contributed by atoms with Crippen molar-refractivity contribution in [1.82, 2.24) is 5.32 Å². The maximum absolute atomic E-state index is 10.2. The molecule has 0 bridgehead atoms. The van der Waals surface area contributed by atoms with Gasteiger partial charge in [0.2, 0.25) is 0 Å². The Balaban J connectivity index is 0.000000354. The van der Waals surface area contributed by atoms with Crippen LogP contribution >= 0.6 is 0 Å². The number of nitrogens with one attached hydrogen (secondary N) is 1. The van der Waals surface area contributed by atoms with E-state index in [1.807, 2.05) is 0 Å². The molecule has 2 unspecified atom stereocenters. The first-order valence-corrected chi connectivity index (χ1v) is 4.26. The molecule has 3 N–H and O–H groups in total. The molecule has 2 atom stereocenters. The summed E-state index contributed by atoms with van der Waals surface area (Å²) in [5.74, 6) is -0.883. The highest BCUT2D eigenvalue weighted by molar-refractivity contribution is 5.73. The number of carbonyl (C=O) groups is 1. The molecule has 1 aliphatic heterocycles. The quantitative estimate of drug-likeness (QED) is 0.533. The van der Waals surface area contributed by atoms with Gasteiger partial charge in [-0.15, -0.1) is 0 Å². The third-order valence-corrected chi connectivity index (χ3v) is 1.41. The smallest absolute Gasteiger partial charge is 0.320 e. The number of carboxylic acid groups (broad SMARTS) is 1. The lowest BCUT2D eigenvalue weighted by molar-refractivity contribution is -0.139. The summed E-state index contributed by atoms with van der Waals surface area (Å²) in [5.41, 5.74) is 0. The SMILES string of the molecule is CCC.O=C(O)C1CC(O)CN1. The minimum atomic E-state index is -0.883. The van der Waals surface area contributed by atoms with Crippen molar-refractivity contribution in [3.8, 4) is 0 Å². The molecule has 4 nitrogen and oxygen atoms in total. The van der Waals surface area contributed by atoms with E-state index in [1.54, 1.807) is 0 Å². The van der Waals surface area contributed by atoms with Crippen molar-refractivity contribution in [2.24, 2.45) is 0 Å². The Bertz CT molecular complexity index is 138. The Morgan fingerprint density at radius 1 is 1.58 bits per heavy atom. The van der Waals surface area contributed by atoms with Crippen LogP contribution in [0.3, 0.4) is 0 Å². The summed E-state index contributed by atoms with van der Waals surface area (Å²) in [4.78, 5) is 10.2. The van der Waals surface area contributed by atoms with E-state index in [0.717, 1.165) is 0 Å². The normalized spacial score (nSPS) is 27.6. The predicted molar refractivity (Wildman–Crippen MR) is 46.0 cm³/mol. The van der Waals surface area contributed by atoms with Gasteiger partial charge in [0.1, 0.15) is 6.04 Å². The predicted octanol–water partition coefficient (Wildman–Crippen LogP) is 0.210. The molecular weight excluding hydrogens is 158 g/mol. The highest BCUT2D eigenvalue weighted by atomic mass is 16.4. The number of hydrogen-bond donors (Lipinski definition) is 3. The van der Waals surface area contributed by atoms with Gasteiger partial charge in [-0.25, -0.2) is 0 Å². The largest absolute Gasteiger partial charge is 0.480 e. The molecule has 4 heteroatoms. The van der Waals surface area contributed by atoms with Gasteiger partial charge in [0, 0.05) is 13.0 Å². The van der Waals surface area contributed by atoms with E-state index in [-0.39, 0.29) is 0 Å². The molecule has 72 valence electrons. The van der Waals surface area contributed by atoms with Crippen molar-refractivity contribution in [1.29, 1.82) is 0 Å². The van der Waals surface area contributed by atoms with Crippen LogP contribution in [0.4, 0.5) is 0 Å². The molecule has 1 saturated heterocycles. The molecule has 1 rings (SSSR count). The van der Waals surface area contributed by atoms with Crippen LogP contribution in [-0.4, -0.2) is 34.9 Å². The number of aliphatic carboxylic acids is 1. The lowest BCUT2D eigenvalue weighted by atomic mass is 10.2. The summed E-state index contributed by atoms with van der Waals surface area (Å²) < 4.78 is 0. The van der Waals surface area contributed by atoms with Gasteiger partial charge in [-0.05, 0) is 0 Å². The second-order valence-electron chi connectivity index (χ2n) is 2.90. The third-order valence-electron chi connectivity index (χ3n) is 1.41. The molecule has 1 heterocycles. The zero-order valence-electron chi connectivity index (χ0n) is 7.58. The molecule has 0 aromatic rings. The minimum absolute atomic E-state index is 0.329. The van der Waals surface area contributed by atoms with Gasteiger partial charge < -0.3 is 15.5 Å². The van der Waals surface area contributed by atoms with Crippen LogP contribution in [0, 0.1) is 0 Å². The van der Waals surface area contributed by atoms with Crippen LogP contribution in [0.2, 0.25) is 0 Å². The van der Waals surface area contributed by atoms with Crippen LogP contribution < -0.4 is 5.32 Å². The molecule has 0 spiro atoms. The van der Waals surface area contributed by atoms with E-state index in [9.17, 15) is 4.79 Å². The van der Waals surface area contributed by atoms with Crippen molar-refractivity contribution < 1.29 is 15.0 Å². The van der Waals surface area contributed by atoms with E-state index in [4.69, 9.17) is 10.2 Å². The van der Waals surface area contributed by atoms with Gasteiger partial charge in [0.15, 0.2) is 0 Å². The first-order chi connectivity index (χ1) is 5.61.